The highest BCUT2D eigenvalue weighted by molar-refractivity contribution is 7.99. The largest absolute Gasteiger partial charge is 0.378 e. The van der Waals surface area contributed by atoms with E-state index in [2.05, 4.69) is 15.1 Å². The van der Waals surface area contributed by atoms with E-state index in [1.54, 1.807) is 24.1 Å². The van der Waals surface area contributed by atoms with Gasteiger partial charge in [-0.25, -0.2) is 4.39 Å². The van der Waals surface area contributed by atoms with E-state index in [1.807, 2.05) is 34.9 Å². The van der Waals surface area contributed by atoms with E-state index in [1.165, 1.54) is 23.9 Å². The summed E-state index contributed by atoms with van der Waals surface area (Å²) in [6, 6.07) is 16.1. The van der Waals surface area contributed by atoms with Crippen LogP contribution in [0.3, 0.4) is 0 Å². The van der Waals surface area contributed by atoms with Crippen LogP contribution in [-0.4, -0.2) is 64.7 Å². The molecule has 0 bridgehead atoms. The van der Waals surface area contributed by atoms with Gasteiger partial charge in [0.05, 0.1) is 24.7 Å². The van der Waals surface area contributed by atoms with Crippen LogP contribution >= 0.6 is 11.8 Å². The predicted octanol–water partition coefficient (Wildman–Crippen LogP) is 2.99. The zero-order valence-electron chi connectivity index (χ0n) is 17.3. The van der Waals surface area contributed by atoms with E-state index in [9.17, 15) is 9.18 Å². The SMILES string of the molecule is CN(Cc1ccc(F)cc1)C(=O)CSc1nnc(N2CCOCC2)n1-c1ccccc1. The van der Waals surface area contributed by atoms with Crippen LogP contribution in [0, 0.1) is 5.82 Å². The van der Waals surface area contributed by atoms with Crippen LogP contribution < -0.4 is 4.90 Å². The molecule has 1 aliphatic heterocycles. The summed E-state index contributed by atoms with van der Waals surface area (Å²) in [6.07, 6.45) is 0. The molecule has 2 heterocycles. The summed E-state index contributed by atoms with van der Waals surface area (Å²) >= 11 is 1.36. The molecule has 1 aromatic heterocycles. The van der Waals surface area contributed by atoms with Crippen LogP contribution in [-0.2, 0) is 16.1 Å². The molecule has 1 fully saturated rings. The fourth-order valence-electron chi connectivity index (χ4n) is 3.32. The molecule has 0 radical (unpaired) electrons. The number of carbonyl (C=O) groups is 1. The highest BCUT2D eigenvalue weighted by atomic mass is 32.2. The second-order valence-corrected chi connectivity index (χ2v) is 8.16. The lowest BCUT2D eigenvalue weighted by atomic mass is 10.2. The smallest absolute Gasteiger partial charge is 0.233 e. The second-order valence-electron chi connectivity index (χ2n) is 7.22. The number of rotatable bonds is 7. The standard InChI is InChI=1S/C22H24FN5O2S/c1-26(15-17-7-9-18(23)10-8-17)20(29)16-31-22-25-24-21(27-11-13-30-14-12-27)28(22)19-5-3-2-4-6-19/h2-10H,11-16H2,1H3. The van der Waals surface area contributed by atoms with Crippen LogP contribution in [0.5, 0.6) is 0 Å². The maximum Gasteiger partial charge on any atom is 0.233 e. The van der Waals surface area contributed by atoms with Gasteiger partial charge in [0.25, 0.3) is 0 Å². The number of anilines is 1. The molecule has 4 rings (SSSR count). The van der Waals surface area contributed by atoms with Crippen molar-refractivity contribution < 1.29 is 13.9 Å². The van der Waals surface area contributed by atoms with Crippen molar-refractivity contribution in [1.82, 2.24) is 19.7 Å². The molecule has 9 heteroatoms. The molecule has 0 atom stereocenters. The number of benzene rings is 2. The number of morpholine rings is 1. The lowest BCUT2D eigenvalue weighted by Crippen LogP contribution is -2.37. The van der Waals surface area contributed by atoms with E-state index in [4.69, 9.17) is 4.74 Å². The summed E-state index contributed by atoms with van der Waals surface area (Å²) < 4.78 is 20.5. The Balaban J connectivity index is 1.48. The van der Waals surface area contributed by atoms with Gasteiger partial charge >= 0.3 is 0 Å². The van der Waals surface area contributed by atoms with Crippen LogP contribution in [0.15, 0.2) is 59.8 Å². The third-order valence-corrected chi connectivity index (χ3v) is 5.92. The monoisotopic (exact) mass is 441 g/mol. The Morgan fingerprint density at radius 3 is 2.52 bits per heavy atom. The van der Waals surface area contributed by atoms with E-state index in [0.29, 0.717) is 24.9 Å². The predicted molar refractivity (Wildman–Crippen MR) is 118 cm³/mol. The van der Waals surface area contributed by atoms with Gasteiger partial charge in [0.1, 0.15) is 5.82 Å². The van der Waals surface area contributed by atoms with Gasteiger partial charge < -0.3 is 14.5 Å². The van der Waals surface area contributed by atoms with E-state index >= 15 is 0 Å². The Morgan fingerprint density at radius 2 is 1.81 bits per heavy atom. The van der Waals surface area contributed by atoms with Crippen molar-refractivity contribution in [3.63, 3.8) is 0 Å². The number of carbonyl (C=O) groups excluding carboxylic acids is 1. The number of amides is 1. The lowest BCUT2D eigenvalue weighted by molar-refractivity contribution is -0.127. The zero-order valence-corrected chi connectivity index (χ0v) is 18.1. The summed E-state index contributed by atoms with van der Waals surface area (Å²) in [5, 5.41) is 9.45. The average molecular weight is 442 g/mol. The van der Waals surface area contributed by atoms with Gasteiger partial charge in [-0.15, -0.1) is 10.2 Å². The number of para-hydroxylation sites is 1. The minimum atomic E-state index is -0.287. The number of hydrogen-bond acceptors (Lipinski definition) is 6. The highest BCUT2D eigenvalue weighted by Crippen LogP contribution is 2.27. The molecule has 0 saturated carbocycles. The number of hydrogen-bond donors (Lipinski definition) is 0. The molecule has 2 aromatic carbocycles. The Hall–Kier alpha value is -2.91. The van der Waals surface area contributed by atoms with Gasteiger partial charge in [-0.05, 0) is 29.8 Å². The van der Waals surface area contributed by atoms with Gasteiger partial charge in [-0.2, -0.15) is 0 Å². The molecule has 7 nitrogen and oxygen atoms in total. The van der Waals surface area contributed by atoms with Crippen molar-refractivity contribution >= 4 is 23.6 Å². The maximum absolute atomic E-state index is 13.1. The molecular formula is C22H24FN5O2S. The maximum atomic E-state index is 13.1. The number of nitrogens with zero attached hydrogens (tertiary/aromatic N) is 5. The minimum Gasteiger partial charge on any atom is -0.378 e. The van der Waals surface area contributed by atoms with Gasteiger partial charge in [0.2, 0.25) is 11.9 Å². The van der Waals surface area contributed by atoms with E-state index in [0.717, 1.165) is 30.3 Å². The summed E-state index contributed by atoms with van der Waals surface area (Å²) in [4.78, 5) is 16.5. The van der Waals surface area contributed by atoms with Crippen LogP contribution in [0.4, 0.5) is 10.3 Å². The number of ether oxygens (including phenoxy) is 1. The van der Waals surface area contributed by atoms with Crippen molar-refractivity contribution in [3.05, 3.63) is 66.0 Å². The Kier molecular flexibility index (Phi) is 6.83. The van der Waals surface area contributed by atoms with Gasteiger partial charge in [0, 0.05) is 26.7 Å². The van der Waals surface area contributed by atoms with Crippen LogP contribution in [0.25, 0.3) is 5.69 Å². The third-order valence-electron chi connectivity index (χ3n) is 5.01. The van der Waals surface area contributed by atoms with Crippen LogP contribution in [0.1, 0.15) is 5.56 Å². The topological polar surface area (TPSA) is 63.5 Å². The van der Waals surface area contributed by atoms with Gasteiger partial charge in [0.15, 0.2) is 5.16 Å². The number of aromatic nitrogens is 3. The minimum absolute atomic E-state index is 0.0372. The molecule has 31 heavy (non-hydrogen) atoms. The normalized spacial score (nSPS) is 13.9. The first kappa shape index (κ1) is 21.3. The Bertz CT molecular complexity index is 1010. The molecule has 1 aliphatic rings. The van der Waals surface area contributed by atoms with Crippen molar-refractivity contribution in [2.45, 2.75) is 11.7 Å². The summed E-state index contributed by atoms with van der Waals surface area (Å²) in [6.45, 7) is 3.21. The molecule has 0 aliphatic carbocycles. The number of thioether (sulfide) groups is 1. The fourth-order valence-corrected chi connectivity index (χ4v) is 4.20. The molecule has 162 valence electrons. The first-order valence-corrected chi connectivity index (χ1v) is 11.0. The fraction of sp³-hybridized carbons (Fsp3) is 0.318. The summed E-state index contributed by atoms with van der Waals surface area (Å²) in [5.74, 6) is 0.657. The zero-order chi connectivity index (χ0) is 21.6. The van der Waals surface area contributed by atoms with Crippen molar-refractivity contribution in [2.24, 2.45) is 0 Å². The molecule has 1 saturated heterocycles. The average Bonchev–Trinajstić information content (AvgIpc) is 3.24. The first-order valence-electron chi connectivity index (χ1n) is 10.1. The Morgan fingerprint density at radius 1 is 1.10 bits per heavy atom. The summed E-state index contributed by atoms with van der Waals surface area (Å²) in [5.41, 5.74) is 1.83. The quantitative estimate of drug-likeness (QED) is 0.526. The van der Waals surface area contributed by atoms with Crippen molar-refractivity contribution in [3.8, 4) is 5.69 Å². The van der Waals surface area contributed by atoms with E-state index in [-0.39, 0.29) is 17.5 Å². The first-order chi connectivity index (χ1) is 15.1. The van der Waals surface area contributed by atoms with Crippen LogP contribution in [0.2, 0.25) is 0 Å². The third kappa shape index (κ3) is 5.23. The molecule has 0 unspecified atom stereocenters. The molecule has 3 aromatic rings. The molecule has 0 N–H and O–H groups in total. The molecule has 1 amide bonds. The van der Waals surface area contributed by atoms with E-state index < -0.39 is 0 Å². The van der Waals surface area contributed by atoms with Crippen molar-refractivity contribution in [1.29, 1.82) is 0 Å². The van der Waals surface area contributed by atoms with Gasteiger partial charge in [-0.1, -0.05) is 42.1 Å². The highest BCUT2D eigenvalue weighted by Gasteiger charge is 2.22. The summed E-state index contributed by atoms with van der Waals surface area (Å²) in [7, 11) is 1.74. The second kappa shape index (κ2) is 9.93. The lowest BCUT2D eigenvalue weighted by Gasteiger charge is -2.27. The van der Waals surface area contributed by atoms with Crippen molar-refractivity contribution in [2.75, 3.05) is 44.0 Å². The molecular weight excluding hydrogens is 417 g/mol. The van der Waals surface area contributed by atoms with Gasteiger partial charge in [-0.3, -0.25) is 9.36 Å². The number of halogens is 1. The molecule has 0 spiro atoms. The Labute approximate surface area is 184 Å².